The Labute approximate surface area is 127 Å². The average Bonchev–Trinajstić information content (AvgIpc) is 3.12. The molecule has 1 amide bonds. The number of aryl methyl sites for hydroxylation is 1. The summed E-state index contributed by atoms with van der Waals surface area (Å²) in [6.07, 6.45) is 0. The van der Waals surface area contributed by atoms with Crippen LogP contribution in [0.2, 0.25) is 0 Å². The van der Waals surface area contributed by atoms with Crippen LogP contribution < -0.4 is 5.32 Å². The standard InChI is InChI=1S/C16H17N3O3/c1-9(2)13-7-11(19-22-13)16(20)17-8-14-18-15-10(3)5-4-6-12(15)21-14/h4-7,9H,8H2,1-3H3,(H,17,20). The molecule has 0 fully saturated rings. The van der Waals surface area contributed by atoms with Crippen LogP contribution in [0.1, 0.15) is 47.5 Å². The lowest BCUT2D eigenvalue weighted by Crippen LogP contribution is -2.23. The van der Waals surface area contributed by atoms with Crippen molar-refractivity contribution >= 4 is 17.0 Å². The molecule has 2 aromatic heterocycles. The summed E-state index contributed by atoms with van der Waals surface area (Å²) in [5.74, 6) is 1.02. The van der Waals surface area contributed by atoms with Gasteiger partial charge < -0.3 is 14.3 Å². The second kappa shape index (κ2) is 5.63. The maximum Gasteiger partial charge on any atom is 0.273 e. The van der Waals surface area contributed by atoms with E-state index in [1.54, 1.807) is 6.07 Å². The van der Waals surface area contributed by atoms with Crippen molar-refractivity contribution in [1.82, 2.24) is 15.5 Å². The number of aromatic nitrogens is 2. The zero-order chi connectivity index (χ0) is 15.7. The van der Waals surface area contributed by atoms with E-state index in [1.807, 2.05) is 39.0 Å². The summed E-state index contributed by atoms with van der Waals surface area (Å²) in [7, 11) is 0. The number of rotatable bonds is 4. The maximum absolute atomic E-state index is 12.0. The van der Waals surface area contributed by atoms with Crippen molar-refractivity contribution in [3.8, 4) is 0 Å². The van der Waals surface area contributed by atoms with Crippen LogP contribution in [0.5, 0.6) is 0 Å². The van der Waals surface area contributed by atoms with Gasteiger partial charge in [0.15, 0.2) is 11.3 Å². The molecular formula is C16H17N3O3. The van der Waals surface area contributed by atoms with Gasteiger partial charge in [-0.3, -0.25) is 4.79 Å². The number of nitrogens with zero attached hydrogens (tertiary/aromatic N) is 2. The van der Waals surface area contributed by atoms with Gasteiger partial charge in [-0.2, -0.15) is 0 Å². The van der Waals surface area contributed by atoms with Crippen LogP contribution in [0.3, 0.4) is 0 Å². The summed E-state index contributed by atoms with van der Waals surface area (Å²) < 4.78 is 10.7. The van der Waals surface area contributed by atoms with Crippen molar-refractivity contribution < 1.29 is 13.7 Å². The van der Waals surface area contributed by atoms with E-state index in [1.165, 1.54) is 0 Å². The maximum atomic E-state index is 12.0. The third kappa shape index (κ3) is 2.72. The molecular weight excluding hydrogens is 282 g/mol. The van der Waals surface area contributed by atoms with Gasteiger partial charge in [-0.1, -0.05) is 31.1 Å². The Morgan fingerprint density at radius 2 is 2.18 bits per heavy atom. The minimum absolute atomic E-state index is 0.189. The molecule has 0 unspecified atom stereocenters. The van der Waals surface area contributed by atoms with E-state index in [-0.39, 0.29) is 24.1 Å². The highest BCUT2D eigenvalue weighted by atomic mass is 16.5. The molecule has 0 saturated heterocycles. The molecule has 0 radical (unpaired) electrons. The molecule has 6 heteroatoms. The van der Waals surface area contributed by atoms with Gasteiger partial charge in [-0.05, 0) is 18.6 Å². The SMILES string of the molecule is Cc1cccc2oc(CNC(=O)c3cc(C(C)C)on3)nc12. The minimum Gasteiger partial charge on any atom is -0.439 e. The van der Waals surface area contributed by atoms with Gasteiger partial charge in [0.05, 0.1) is 6.54 Å². The summed E-state index contributed by atoms with van der Waals surface area (Å²) in [6.45, 7) is 6.12. The quantitative estimate of drug-likeness (QED) is 0.800. The van der Waals surface area contributed by atoms with Crippen molar-refractivity contribution in [3.05, 3.63) is 47.2 Å². The first-order chi connectivity index (χ1) is 10.5. The third-order valence-corrected chi connectivity index (χ3v) is 3.40. The van der Waals surface area contributed by atoms with Crippen LogP contribution in [0.25, 0.3) is 11.1 Å². The molecule has 2 heterocycles. The lowest BCUT2D eigenvalue weighted by molar-refractivity contribution is 0.0938. The molecule has 0 atom stereocenters. The van der Waals surface area contributed by atoms with Crippen LogP contribution in [-0.2, 0) is 6.54 Å². The Hall–Kier alpha value is -2.63. The Kier molecular flexibility index (Phi) is 3.66. The van der Waals surface area contributed by atoms with Gasteiger partial charge in [-0.25, -0.2) is 4.98 Å². The molecule has 0 saturated carbocycles. The Balaban J connectivity index is 1.70. The van der Waals surface area contributed by atoms with Crippen molar-refractivity contribution in [1.29, 1.82) is 0 Å². The summed E-state index contributed by atoms with van der Waals surface area (Å²) in [6, 6.07) is 7.38. The molecule has 1 N–H and O–H groups in total. The molecule has 0 aliphatic carbocycles. The van der Waals surface area contributed by atoms with Crippen molar-refractivity contribution in [3.63, 3.8) is 0 Å². The summed E-state index contributed by atoms with van der Waals surface area (Å²) in [5.41, 5.74) is 2.83. The molecule has 3 rings (SSSR count). The van der Waals surface area contributed by atoms with Gasteiger partial charge >= 0.3 is 0 Å². The van der Waals surface area contributed by atoms with E-state index in [9.17, 15) is 4.79 Å². The van der Waals surface area contributed by atoms with Crippen LogP contribution in [0.4, 0.5) is 0 Å². The zero-order valence-electron chi connectivity index (χ0n) is 12.7. The number of hydrogen-bond acceptors (Lipinski definition) is 5. The van der Waals surface area contributed by atoms with Gasteiger partial charge in [0.25, 0.3) is 5.91 Å². The van der Waals surface area contributed by atoms with E-state index >= 15 is 0 Å². The van der Waals surface area contributed by atoms with Crippen LogP contribution in [0, 0.1) is 6.92 Å². The first-order valence-electron chi connectivity index (χ1n) is 7.14. The predicted molar refractivity (Wildman–Crippen MR) is 80.5 cm³/mol. The monoisotopic (exact) mass is 299 g/mol. The molecule has 0 spiro atoms. The second-order valence-corrected chi connectivity index (χ2v) is 5.48. The number of carbonyl (C=O) groups is 1. The van der Waals surface area contributed by atoms with E-state index in [2.05, 4.69) is 15.5 Å². The molecule has 1 aromatic carbocycles. The van der Waals surface area contributed by atoms with E-state index in [0.717, 1.165) is 11.1 Å². The fourth-order valence-electron chi connectivity index (χ4n) is 2.12. The largest absolute Gasteiger partial charge is 0.439 e. The Morgan fingerprint density at radius 1 is 1.36 bits per heavy atom. The number of benzene rings is 1. The van der Waals surface area contributed by atoms with Crippen molar-refractivity contribution in [2.45, 2.75) is 33.2 Å². The van der Waals surface area contributed by atoms with Crippen molar-refractivity contribution in [2.24, 2.45) is 0 Å². The highest BCUT2D eigenvalue weighted by Gasteiger charge is 2.15. The van der Waals surface area contributed by atoms with Gasteiger partial charge in [-0.15, -0.1) is 0 Å². The molecule has 0 bridgehead atoms. The lowest BCUT2D eigenvalue weighted by atomic mass is 10.1. The number of amides is 1. The summed E-state index contributed by atoms with van der Waals surface area (Å²) in [4.78, 5) is 16.4. The van der Waals surface area contributed by atoms with E-state index in [0.29, 0.717) is 17.2 Å². The van der Waals surface area contributed by atoms with Crippen molar-refractivity contribution in [2.75, 3.05) is 0 Å². The first-order valence-corrected chi connectivity index (χ1v) is 7.14. The summed E-state index contributed by atoms with van der Waals surface area (Å²) >= 11 is 0. The molecule has 0 aliphatic heterocycles. The molecule has 22 heavy (non-hydrogen) atoms. The topological polar surface area (TPSA) is 81.2 Å². The number of oxazole rings is 1. The number of para-hydroxylation sites is 1. The fraction of sp³-hybridized carbons (Fsp3) is 0.312. The van der Waals surface area contributed by atoms with E-state index in [4.69, 9.17) is 8.94 Å². The fourth-order valence-corrected chi connectivity index (χ4v) is 2.12. The number of carbonyl (C=O) groups excluding carboxylic acids is 1. The second-order valence-electron chi connectivity index (χ2n) is 5.48. The number of nitrogens with one attached hydrogen (secondary N) is 1. The van der Waals surface area contributed by atoms with Crippen LogP contribution in [0.15, 0.2) is 33.2 Å². The highest BCUT2D eigenvalue weighted by molar-refractivity contribution is 5.92. The minimum atomic E-state index is -0.311. The Bertz CT molecular complexity index is 817. The Morgan fingerprint density at radius 3 is 2.86 bits per heavy atom. The van der Waals surface area contributed by atoms with Crippen LogP contribution >= 0.6 is 0 Å². The number of fused-ring (bicyclic) bond motifs is 1. The lowest BCUT2D eigenvalue weighted by Gasteiger charge is -1.98. The first kappa shape index (κ1) is 14.3. The van der Waals surface area contributed by atoms with Gasteiger partial charge in [0.1, 0.15) is 11.3 Å². The zero-order valence-corrected chi connectivity index (χ0v) is 12.7. The summed E-state index contributed by atoms with van der Waals surface area (Å²) in [5, 5.41) is 6.50. The number of hydrogen-bond donors (Lipinski definition) is 1. The van der Waals surface area contributed by atoms with Crippen LogP contribution in [-0.4, -0.2) is 16.0 Å². The van der Waals surface area contributed by atoms with Gasteiger partial charge in [0.2, 0.25) is 5.89 Å². The third-order valence-electron chi connectivity index (χ3n) is 3.40. The van der Waals surface area contributed by atoms with E-state index < -0.39 is 0 Å². The normalized spacial score (nSPS) is 11.3. The average molecular weight is 299 g/mol. The molecule has 3 aromatic rings. The smallest absolute Gasteiger partial charge is 0.273 e. The molecule has 6 nitrogen and oxygen atoms in total. The predicted octanol–water partition coefficient (Wildman–Crippen LogP) is 3.18. The highest BCUT2D eigenvalue weighted by Crippen LogP contribution is 2.19. The van der Waals surface area contributed by atoms with Gasteiger partial charge in [0, 0.05) is 12.0 Å². The molecule has 114 valence electrons. The molecule has 0 aliphatic rings.